The maximum Gasteiger partial charge on any atom is 0.210 e. The van der Waals surface area contributed by atoms with E-state index in [2.05, 4.69) is 24.3 Å². The fourth-order valence-electron chi connectivity index (χ4n) is 3.01. The molecule has 0 saturated carbocycles. The van der Waals surface area contributed by atoms with Crippen LogP contribution in [0, 0.1) is 0 Å². The van der Waals surface area contributed by atoms with Crippen LogP contribution in [0.1, 0.15) is 36.1 Å². The van der Waals surface area contributed by atoms with E-state index < -0.39 is 0 Å². The van der Waals surface area contributed by atoms with Crippen LogP contribution in [0.3, 0.4) is 0 Å². The Morgan fingerprint density at radius 3 is 1.58 bits per heavy atom. The summed E-state index contributed by atoms with van der Waals surface area (Å²) < 4.78 is 0. The molecule has 1 aliphatic rings. The lowest BCUT2D eigenvalue weighted by Gasteiger charge is -2.26. The first-order valence-electron chi connectivity index (χ1n) is 6.73. The predicted molar refractivity (Wildman–Crippen MR) is 75.5 cm³/mol. The van der Waals surface area contributed by atoms with Crippen LogP contribution in [0.25, 0.3) is 0 Å². The minimum absolute atomic E-state index is 0.212. The Kier molecular flexibility index (Phi) is 3.32. The highest BCUT2D eigenvalue weighted by Crippen LogP contribution is 2.42. The molecule has 0 bridgehead atoms. The second kappa shape index (κ2) is 5.27. The average Bonchev–Trinajstić information content (AvgIpc) is 2.93. The van der Waals surface area contributed by atoms with Crippen LogP contribution in [0.5, 0.6) is 0 Å². The lowest BCUT2D eigenvalue weighted by atomic mass is 10.0. The second-order valence-electron chi connectivity index (χ2n) is 4.98. The minimum Gasteiger partial charge on any atom is -0.331 e. The molecule has 3 rings (SSSR count). The molecule has 2 aromatic carbocycles. The summed E-state index contributed by atoms with van der Waals surface area (Å²) in [6.45, 7) is 0. The summed E-state index contributed by atoms with van der Waals surface area (Å²) in [5, 5.41) is 0. The molecule has 0 aromatic heterocycles. The molecule has 2 aromatic rings. The van der Waals surface area contributed by atoms with Gasteiger partial charge >= 0.3 is 0 Å². The van der Waals surface area contributed by atoms with Gasteiger partial charge in [0.15, 0.2) is 0 Å². The number of carbonyl (C=O) groups is 1. The van der Waals surface area contributed by atoms with Gasteiger partial charge in [0, 0.05) is 0 Å². The molecule has 2 heteroatoms. The van der Waals surface area contributed by atoms with Gasteiger partial charge in [0.1, 0.15) is 0 Å². The average molecular weight is 251 g/mol. The lowest BCUT2D eigenvalue weighted by molar-refractivity contribution is -0.121. The molecule has 1 aliphatic heterocycles. The van der Waals surface area contributed by atoms with Crippen LogP contribution >= 0.6 is 0 Å². The molecular formula is C17H17NO. The molecule has 0 radical (unpaired) electrons. The molecule has 19 heavy (non-hydrogen) atoms. The maximum atomic E-state index is 11.5. The fourth-order valence-corrected chi connectivity index (χ4v) is 3.01. The highest BCUT2D eigenvalue weighted by Gasteiger charge is 2.33. The molecule has 0 aliphatic carbocycles. The molecule has 2 unspecified atom stereocenters. The zero-order valence-electron chi connectivity index (χ0n) is 10.8. The third-order valence-electron chi connectivity index (χ3n) is 3.92. The van der Waals surface area contributed by atoms with Crippen LogP contribution in [0.4, 0.5) is 0 Å². The molecule has 2 nitrogen and oxygen atoms in total. The van der Waals surface area contributed by atoms with E-state index in [9.17, 15) is 4.79 Å². The zero-order valence-corrected chi connectivity index (χ0v) is 10.8. The minimum atomic E-state index is 0.212. The van der Waals surface area contributed by atoms with Crippen molar-refractivity contribution in [1.29, 1.82) is 0 Å². The Hall–Kier alpha value is -2.09. The van der Waals surface area contributed by atoms with E-state index in [0.29, 0.717) is 0 Å². The number of amides is 1. The van der Waals surface area contributed by atoms with E-state index in [0.717, 1.165) is 19.3 Å². The maximum absolute atomic E-state index is 11.5. The largest absolute Gasteiger partial charge is 0.331 e. The van der Waals surface area contributed by atoms with Crippen molar-refractivity contribution >= 4 is 6.41 Å². The zero-order chi connectivity index (χ0) is 13.1. The smallest absolute Gasteiger partial charge is 0.210 e. The van der Waals surface area contributed by atoms with E-state index in [1.165, 1.54) is 11.1 Å². The standard InChI is InChI=1S/C17H17NO/c19-13-18-16(14-7-3-1-4-8-14)11-12-17(18)15-9-5-2-6-10-15/h1-10,13,16-17H,11-12H2. The number of benzene rings is 2. The number of likely N-dealkylation sites (tertiary alicyclic amines) is 1. The van der Waals surface area contributed by atoms with Gasteiger partial charge in [-0.15, -0.1) is 0 Å². The van der Waals surface area contributed by atoms with Crippen molar-refractivity contribution in [1.82, 2.24) is 4.90 Å². The van der Waals surface area contributed by atoms with Gasteiger partial charge in [-0.25, -0.2) is 0 Å². The van der Waals surface area contributed by atoms with Crippen molar-refractivity contribution in [3.05, 3.63) is 71.8 Å². The summed E-state index contributed by atoms with van der Waals surface area (Å²) in [4.78, 5) is 13.5. The second-order valence-corrected chi connectivity index (χ2v) is 4.98. The molecule has 1 heterocycles. The normalized spacial score (nSPS) is 22.4. The summed E-state index contributed by atoms with van der Waals surface area (Å²) >= 11 is 0. The summed E-state index contributed by atoms with van der Waals surface area (Å²) in [5.41, 5.74) is 2.46. The SMILES string of the molecule is O=CN1C(c2ccccc2)CCC1c1ccccc1. The Labute approximate surface area is 113 Å². The van der Waals surface area contributed by atoms with E-state index in [1.807, 2.05) is 41.3 Å². The van der Waals surface area contributed by atoms with E-state index >= 15 is 0 Å². The Bertz CT molecular complexity index is 490. The van der Waals surface area contributed by atoms with Gasteiger partial charge in [-0.3, -0.25) is 4.79 Å². The number of rotatable bonds is 3. The number of carbonyl (C=O) groups excluding carboxylic acids is 1. The molecule has 96 valence electrons. The molecule has 1 amide bonds. The molecule has 1 fully saturated rings. The van der Waals surface area contributed by atoms with E-state index in [-0.39, 0.29) is 12.1 Å². The first-order chi connectivity index (χ1) is 9.40. The van der Waals surface area contributed by atoms with Gasteiger partial charge in [-0.05, 0) is 24.0 Å². The first-order valence-corrected chi connectivity index (χ1v) is 6.73. The Morgan fingerprint density at radius 2 is 1.21 bits per heavy atom. The molecular weight excluding hydrogens is 234 g/mol. The van der Waals surface area contributed by atoms with Gasteiger partial charge < -0.3 is 4.90 Å². The van der Waals surface area contributed by atoms with Crippen molar-refractivity contribution in [3.8, 4) is 0 Å². The van der Waals surface area contributed by atoms with Crippen molar-refractivity contribution in [2.75, 3.05) is 0 Å². The van der Waals surface area contributed by atoms with Crippen molar-refractivity contribution in [2.45, 2.75) is 24.9 Å². The van der Waals surface area contributed by atoms with Crippen LogP contribution in [-0.2, 0) is 4.79 Å². The van der Waals surface area contributed by atoms with Crippen LogP contribution in [0.15, 0.2) is 60.7 Å². The summed E-state index contributed by atoms with van der Waals surface area (Å²) in [7, 11) is 0. The van der Waals surface area contributed by atoms with Crippen LogP contribution < -0.4 is 0 Å². The Morgan fingerprint density at radius 1 is 0.789 bits per heavy atom. The number of hydrogen-bond donors (Lipinski definition) is 0. The Balaban J connectivity index is 1.89. The van der Waals surface area contributed by atoms with Gasteiger partial charge in [0.2, 0.25) is 6.41 Å². The number of nitrogens with zero attached hydrogens (tertiary/aromatic N) is 1. The van der Waals surface area contributed by atoms with Crippen molar-refractivity contribution in [3.63, 3.8) is 0 Å². The topological polar surface area (TPSA) is 20.3 Å². The van der Waals surface area contributed by atoms with Gasteiger partial charge in [-0.2, -0.15) is 0 Å². The monoisotopic (exact) mass is 251 g/mol. The van der Waals surface area contributed by atoms with Crippen LogP contribution in [0.2, 0.25) is 0 Å². The lowest BCUT2D eigenvalue weighted by Crippen LogP contribution is -2.24. The van der Waals surface area contributed by atoms with Gasteiger partial charge in [0.25, 0.3) is 0 Å². The summed E-state index contributed by atoms with van der Waals surface area (Å²) in [5.74, 6) is 0. The van der Waals surface area contributed by atoms with Crippen LogP contribution in [-0.4, -0.2) is 11.3 Å². The first kappa shape index (κ1) is 12.0. The summed E-state index contributed by atoms with van der Waals surface area (Å²) in [6, 6.07) is 21.0. The summed E-state index contributed by atoms with van der Waals surface area (Å²) in [6.07, 6.45) is 3.06. The quantitative estimate of drug-likeness (QED) is 0.761. The molecule has 0 N–H and O–H groups in total. The van der Waals surface area contributed by atoms with Crippen molar-refractivity contribution < 1.29 is 4.79 Å². The van der Waals surface area contributed by atoms with Gasteiger partial charge in [-0.1, -0.05) is 60.7 Å². The third-order valence-corrected chi connectivity index (χ3v) is 3.92. The highest BCUT2D eigenvalue weighted by molar-refractivity contribution is 5.51. The molecule has 1 saturated heterocycles. The van der Waals surface area contributed by atoms with Crippen molar-refractivity contribution in [2.24, 2.45) is 0 Å². The highest BCUT2D eigenvalue weighted by atomic mass is 16.1. The third kappa shape index (κ3) is 2.26. The predicted octanol–water partition coefficient (Wildman–Crippen LogP) is 3.72. The van der Waals surface area contributed by atoms with E-state index in [4.69, 9.17) is 0 Å². The van der Waals surface area contributed by atoms with E-state index in [1.54, 1.807) is 0 Å². The fraction of sp³-hybridized carbons (Fsp3) is 0.235. The molecule has 2 atom stereocenters. The molecule has 0 spiro atoms. The van der Waals surface area contributed by atoms with Gasteiger partial charge in [0.05, 0.1) is 12.1 Å². The number of hydrogen-bond acceptors (Lipinski definition) is 1.